The van der Waals surface area contributed by atoms with Crippen molar-refractivity contribution in [2.45, 2.75) is 32.9 Å². The van der Waals surface area contributed by atoms with Crippen molar-refractivity contribution >= 4 is 11.6 Å². The van der Waals surface area contributed by atoms with Gasteiger partial charge in [-0.25, -0.2) is 9.37 Å². The van der Waals surface area contributed by atoms with Gasteiger partial charge in [0.05, 0.1) is 10.7 Å². The van der Waals surface area contributed by atoms with Gasteiger partial charge in [-0.3, -0.25) is 0 Å². The van der Waals surface area contributed by atoms with E-state index >= 15 is 0 Å². The minimum Gasteiger partial charge on any atom is -0.439 e. The van der Waals surface area contributed by atoms with Crippen molar-refractivity contribution in [3.8, 4) is 11.6 Å². The van der Waals surface area contributed by atoms with Crippen LogP contribution in [0.3, 0.4) is 0 Å². The number of pyridine rings is 1. The molecular weight excluding hydrogens is 291 g/mol. The minimum atomic E-state index is -0.472. The van der Waals surface area contributed by atoms with Crippen LogP contribution in [0.1, 0.15) is 26.5 Å². The number of nitrogens with zero attached hydrogens (tertiary/aromatic N) is 1. The van der Waals surface area contributed by atoms with E-state index in [-0.39, 0.29) is 10.6 Å². The molecule has 0 aliphatic rings. The smallest absolute Gasteiger partial charge is 0.219 e. The average Bonchev–Trinajstić information content (AvgIpc) is 2.40. The van der Waals surface area contributed by atoms with Gasteiger partial charge >= 0.3 is 0 Å². The number of nitrogens with one attached hydrogen (secondary N) is 1. The summed E-state index contributed by atoms with van der Waals surface area (Å²) >= 11 is 5.73. The fraction of sp³-hybridized carbons (Fsp3) is 0.312. The summed E-state index contributed by atoms with van der Waals surface area (Å²) in [6.07, 6.45) is 0. The highest BCUT2D eigenvalue weighted by Gasteiger charge is 2.09. The lowest BCUT2D eigenvalue weighted by Gasteiger charge is -2.20. The van der Waals surface area contributed by atoms with Gasteiger partial charge in [0, 0.05) is 24.2 Å². The molecule has 0 bridgehead atoms. The number of hydrogen-bond acceptors (Lipinski definition) is 3. The number of rotatable bonds is 4. The first-order valence-corrected chi connectivity index (χ1v) is 7.05. The molecule has 0 saturated heterocycles. The van der Waals surface area contributed by atoms with Gasteiger partial charge in [-0.15, -0.1) is 0 Å². The predicted molar refractivity (Wildman–Crippen MR) is 82.3 cm³/mol. The van der Waals surface area contributed by atoms with Gasteiger partial charge < -0.3 is 10.1 Å². The molecular formula is C16H18ClFN2O. The molecule has 1 N–H and O–H groups in total. The van der Waals surface area contributed by atoms with E-state index in [4.69, 9.17) is 16.3 Å². The first-order valence-electron chi connectivity index (χ1n) is 6.67. The summed E-state index contributed by atoms with van der Waals surface area (Å²) in [7, 11) is 0. The van der Waals surface area contributed by atoms with E-state index in [1.165, 1.54) is 18.2 Å². The minimum absolute atomic E-state index is 0.0169. The van der Waals surface area contributed by atoms with Crippen LogP contribution < -0.4 is 10.1 Å². The highest BCUT2D eigenvalue weighted by Crippen LogP contribution is 2.25. The first kappa shape index (κ1) is 15.7. The molecule has 0 unspecified atom stereocenters. The molecule has 21 heavy (non-hydrogen) atoms. The van der Waals surface area contributed by atoms with Crippen LogP contribution in [0.25, 0.3) is 0 Å². The second-order valence-corrected chi connectivity index (χ2v) is 6.16. The molecule has 1 heterocycles. The van der Waals surface area contributed by atoms with E-state index in [2.05, 4.69) is 31.1 Å². The summed E-state index contributed by atoms with van der Waals surface area (Å²) in [4.78, 5) is 4.40. The van der Waals surface area contributed by atoms with Gasteiger partial charge in [0.1, 0.15) is 11.6 Å². The summed E-state index contributed by atoms with van der Waals surface area (Å²) < 4.78 is 18.7. The number of aromatic nitrogens is 1. The van der Waals surface area contributed by atoms with Gasteiger partial charge in [0.15, 0.2) is 0 Å². The summed E-state index contributed by atoms with van der Waals surface area (Å²) in [6, 6.07) is 9.75. The zero-order valence-electron chi connectivity index (χ0n) is 12.3. The van der Waals surface area contributed by atoms with Crippen LogP contribution in [0, 0.1) is 5.82 Å². The lowest BCUT2D eigenvalue weighted by molar-refractivity contribution is 0.416. The molecule has 0 radical (unpaired) electrons. The lowest BCUT2D eigenvalue weighted by atomic mass is 10.1. The summed E-state index contributed by atoms with van der Waals surface area (Å²) in [5.41, 5.74) is 0.888. The van der Waals surface area contributed by atoms with Crippen LogP contribution >= 0.6 is 11.6 Å². The van der Waals surface area contributed by atoms with Gasteiger partial charge in [-0.2, -0.15) is 0 Å². The second-order valence-electron chi connectivity index (χ2n) is 5.75. The largest absolute Gasteiger partial charge is 0.439 e. The van der Waals surface area contributed by atoms with Crippen molar-refractivity contribution in [2.75, 3.05) is 0 Å². The number of hydrogen-bond donors (Lipinski definition) is 1. The highest BCUT2D eigenvalue weighted by atomic mass is 35.5. The van der Waals surface area contributed by atoms with Crippen molar-refractivity contribution in [2.24, 2.45) is 0 Å². The van der Waals surface area contributed by atoms with E-state index in [0.717, 1.165) is 5.69 Å². The van der Waals surface area contributed by atoms with Crippen LogP contribution in [0.2, 0.25) is 5.02 Å². The Labute approximate surface area is 129 Å². The van der Waals surface area contributed by atoms with Crippen molar-refractivity contribution in [1.29, 1.82) is 0 Å². The molecule has 0 amide bonds. The van der Waals surface area contributed by atoms with Gasteiger partial charge in [-0.1, -0.05) is 17.7 Å². The van der Waals surface area contributed by atoms with E-state index in [9.17, 15) is 4.39 Å². The second kappa shape index (κ2) is 6.41. The molecule has 0 atom stereocenters. The van der Waals surface area contributed by atoms with E-state index in [1.54, 1.807) is 6.07 Å². The third kappa shape index (κ3) is 4.99. The Bertz CT molecular complexity index is 626. The molecule has 1 aromatic heterocycles. The van der Waals surface area contributed by atoms with Crippen LogP contribution in [-0.4, -0.2) is 10.5 Å². The summed E-state index contributed by atoms with van der Waals surface area (Å²) in [6.45, 7) is 6.92. The van der Waals surface area contributed by atoms with Gasteiger partial charge in [-0.05, 0) is 39.0 Å². The Morgan fingerprint density at radius 1 is 1.24 bits per heavy atom. The molecule has 5 heteroatoms. The monoisotopic (exact) mass is 308 g/mol. The molecule has 0 saturated carbocycles. The van der Waals surface area contributed by atoms with Gasteiger partial charge in [0.25, 0.3) is 0 Å². The fourth-order valence-electron chi connectivity index (χ4n) is 1.63. The van der Waals surface area contributed by atoms with Crippen LogP contribution in [0.15, 0.2) is 36.4 Å². The first-order chi connectivity index (χ1) is 9.83. The number of ether oxygens (including phenoxy) is 1. The normalized spacial score (nSPS) is 11.5. The maximum Gasteiger partial charge on any atom is 0.219 e. The molecule has 0 spiro atoms. The van der Waals surface area contributed by atoms with E-state index in [1.807, 2.05) is 12.1 Å². The van der Waals surface area contributed by atoms with Gasteiger partial charge in [0.2, 0.25) is 5.88 Å². The van der Waals surface area contributed by atoms with E-state index in [0.29, 0.717) is 18.2 Å². The molecule has 2 aromatic rings. The Morgan fingerprint density at radius 3 is 2.67 bits per heavy atom. The molecule has 1 aromatic carbocycles. The highest BCUT2D eigenvalue weighted by molar-refractivity contribution is 6.30. The lowest BCUT2D eigenvalue weighted by Crippen LogP contribution is -2.35. The maximum atomic E-state index is 13.1. The molecule has 3 nitrogen and oxygen atoms in total. The van der Waals surface area contributed by atoms with Crippen molar-refractivity contribution in [3.05, 3.63) is 52.9 Å². The Morgan fingerprint density at radius 2 is 2.00 bits per heavy atom. The topological polar surface area (TPSA) is 34.1 Å². The Balaban J connectivity index is 2.08. The molecule has 2 rings (SSSR count). The molecule has 0 aliphatic carbocycles. The quantitative estimate of drug-likeness (QED) is 0.899. The average molecular weight is 309 g/mol. The van der Waals surface area contributed by atoms with Crippen LogP contribution in [-0.2, 0) is 6.54 Å². The zero-order valence-corrected chi connectivity index (χ0v) is 13.0. The number of halogens is 2. The van der Waals surface area contributed by atoms with Crippen molar-refractivity contribution in [1.82, 2.24) is 10.3 Å². The molecule has 0 aliphatic heterocycles. The Kier molecular flexibility index (Phi) is 4.80. The maximum absolute atomic E-state index is 13.1. The Hall–Kier alpha value is -1.65. The molecule has 112 valence electrons. The zero-order chi connectivity index (χ0) is 15.5. The SMILES string of the molecule is CC(C)(C)NCc1cccc(Oc2ccc(F)c(Cl)c2)n1. The summed E-state index contributed by atoms with van der Waals surface area (Å²) in [5, 5.41) is 3.38. The van der Waals surface area contributed by atoms with Crippen LogP contribution in [0.4, 0.5) is 4.39 Å². The van der Waals surface area contributed by atoms with Crippen molar-refractivity contribution in [3.63, 3.8) is 0 Å². The standard InChI is InChI=1S/C16H18ClFN2O/c1-16(2,3)19-10-11-5-4-6-15(20-11)21-12-7-8-14(18)13(17)9-12/h4-9,19H,10H2,1-3H3. The predicted octanol–water partition coefficient (Wildman–Crippen LogP) is 4.55. The van der Waals surface area contributed by atoms with Crippen molar-refractivity contribution < 1.29 is 9.13 Å². The third-order valence-corrected chi connectivity index (χ3v) is 2.98. The van der Waals surface area contributed by atoms with E-state index < -0.39 is 5.82 Å². The number of benzene rings is 1. The fourth-order valence-corrected chi connectivity index (χ4v) is 1.80. The molecule has 0 fully saturated rings. The summed E-state index contributed by atoms with van der Waals surface area (Å²) in [5.74, 6) is 0.431. The third-order valence-electron chi connectivity index (χ3n) is 2.69. The van der Waals surface area contributed by atoms with Crippen LogP contribution in [0.5, 0.6) is 11.6 Å².